The van der Waals surface area contributed by atoms with Crippen LogP contribution >= 0.6 is 11.6 Å². The Labute approximate surface area is 126 Å². The van der Waals surface area contributed by atoms with Gasteiger partial charge in [-0.2, -0.15) is 0 Å². The van der Waals surface area contributed by atoms with Crippen molar-refractivity contribution < 1.29 is 19.6 Å². The summed E-state index contributed by atoms with van der Waals surface area (Å²) in [5.41, 5.74) is -0.0976. The number of nitrogens with zero attached hydrogens (tertiary/aromatic N) is 2. The number of rotatable bonds is 6. The maximum Gasteiger partial charge on any atom is 0.305 e. The van der Waals surface area contributed by atoms with E-state index in [4.69, 9.17) is 16.7 Å². The fraction of sp³-hybridized carbons (Fsp3) is 0.385. The first kappa shape index (κ1) is 16.9. The molecule has 0 heterocycles. The SMILES string of the molecule is CCN(C(=O)c1ccc([N+](=O)[O-])c(Cl)c1)C(C)CC(=O)O. The third kappa shape index (κ3) is 4.16. The van der Waals surface area contributed by atoms with Crippen molar-refractivity contribution in [3.05, 3.63) is 38.9 Å². The van der Waals surface area contributed by atoms with Gasteiger partial charge in [-0.3, -0.25) is 19.7 Å². The van der Waals surface area contributed by atoms with Crippen LogP contribution < -0.4 is 0 Å². The lowest BCUT2D eigenvalue weighted by Crippen LogP contribution is -2.39. The zero-order valence-corrected chi connectivity index (χ0v) is 12.3. The molecule has 1 unspecified atom stereocenters. The smallest absolute Gasteiger partial charge is 0.305 e. The average molecular weight is 315 g/mol. The number of halogens is 1. The first-order valence-corrected chi connectivity index (χ1v) is 6.62. The summed E-state index contributed by atoms with van der Waals surface area (Å²) in [5.74, 6) is -1.42. The summed E-state index contributed by atoms with van der Waals surface area (Å²) in [6.45, 7) is 3.67. The molecule has 0 aliphatic rings. The van der Waals surface area contributed by atoms with E-state index in [1.165, 1.54) is 17.0 Å². The van der Waals surface area contributed by atoms with Gasteiger partial charge in [0, 0.05) is 24.2 Å². The molecular formula is C13H15ClN2O5. The summed E-state index contributed by atoms with van der Waals surface area (Å²) in [7, 11) is 0. The van der Waals surface area contributed by atoms with Crippen LogP contribution in [0.15, 0.2) is 18.2 Å². The van der Waals surface area contributed by atoms with Crippen LogP contribution in [0.1, 0.15) is 30.6 Å². The molecule has 0 aliphatic heterocycles. The highest BCUT2D eigenvalue weighted by Gasteiger charge is 2.23. The van der Waals surface area contributed by atoms with Gasteiger partial charge in [0.15, 0.2) is 0 Å². The second-order valence-corrected chi connectivity index (χ2v) is 4.87. The normalized spacial score (nSPS) is 11.8. The van der Waals surface area contributed by atoms with Crippen LogP contribution in [0, 0.1) is 10.1 Å². The average Bonchev–Trinajstić information content (AvgIpc) is 2.37. The van der Waals surface area contributed by atoms with Crippen LogP contribution in [0.5, 0.6) is 0 Å². The molecule has 1 aromatic rings. The summed E-state index contributed by atoms with van der Waals surface area (Å²) >= 11 is 5.77. The third-order valence-corrected chi connectivity index (χ3v) is 3.30. The van der Waals surface area contributed by atoms with Crippen molar-refractivity contribution in [1.29, 1.82) is 0 Å². The highest BCUT2D eigenvalue weighted by Crippen LogP contribution is 2.26. The lowest BCUT2D eigenvalue weighted by molar-refractivity contribution is -0.384. The zero-order chi connectivity index (χ0) is 16.2. The Kier molecular flexibility index (Phi) is 5.66. The maximum absolute atomic E-state index is 12.3. The van der Waals surface area contributed by atoms with Crippen LogP contribution in [-0.2, 0) is 4.79 Å². The van der Waals surface area contributed by atoms with Crippen LogP contribution in [0.4, 0.5) is 5.69 Å². The minimum atomic E-state index is -1.00. The molecule has 1 atom stereocenters. The third-order valence-electron chi connectivity index (χ3n) is 2.99. The van der Waals surface area contributed by atoms with E-state index in [0.29, 0.717) is 6.54 Å². The summed E-state index contributed by atoms with van der Waals surface area (Å²) in [4.78, 5) is 34.5. The van der Waals surface area contributed by atoms with Crippen molar-refractivity contribution in [3.63, 3.8) is 0 Å². The zero-order valence-electron chi connectivity index (χ0n) is 11.6. The van der Waals surface area contributed by atoms with Gasteiger partial charge in [-0.25, -0.2) is 0 Å². The summed E-state index contributed by atoms with van der Waals surface area (Å²) in [6, 6.07) is 3.19. The Hall–Kier alpha value is -2.15. The number of carboxylic acids is 1. The van der Waals surface area contributed by atoms with E-state index >= 15 is 0 Å². The first-order valence-electron chi connectivity index (χ1n) is 6.24. The fourth-order valence-electron chi connectivity index (χ4n) is 1.97. The molecule has 0 aliphatic carbocycles. The maximum atomic E-state index is 12.3. The van der Waals surface area contributed by atoms with Gasteiger partial charge in [0.2, 0.25) is 0 Å². The van der Waals surface area contributed by atoms with Crippen molar-refractivity contribution in [3.8, 4) is 0 Å². The lowest BCUT2D eigenvalue weighted by Gasteiger charge is -2.27. The molecule has 8 heteroatoms. The number of hydrogen-bond acceptors (Lipinski definition) is 4. The van der Waals surface area contributed by atoms with Crippen LogP contribution in [0.25, 0.3) is 0 Å². The van der Waals surface area contributed by atoms with Crippen molar-refractivity contribution in [2.75, 3.05) is 6.54 Å². The number of amides is 1. The van der Waals surface area contributed by atoms with Crippen molar-refractivity contribution in [1.82, 2.24) is 4.90 Å². The second kappa shape index (κ2) is 7.03. The van der Waals surface area contributed by atoms with Crippen LogP contribution in [-0.4, -0.2) is 39.4 Å². The lowest BCUT2D eigenvalue weighted by atomic mass is 10.1. The molecule has 0 saturated carbocycles. The number of carbonyl (C=O) groups is 2. The van der Waals surface area contributed by atoms with Crippen LogP contribution in [0.3, 0.4) is 0 Å². The Morgan fingerprint density at radius 3 is 2.52 bits per heavy atom. The fourth-order valence-corrected chi connectivity index (χ4v) is 2.22. The van der Waals surface area contributed by atoms with Crippen molar-refractivity contribution >= 4 is 29.2 Å². The monoisotopic (exact) mass is 314 g/mol. The van der Waals surface area contributed by atoms with Gasteiger partial charge in [-0.05, 0) is 26.0 Å². The van der Waals surface area contributed by atoms with E-state index in [1.807, 2.05) is 0 Å². The molecule has 1 amide bonds. The molecule has 7 nitrogen and oxygen atoms in total. The number of nitro benzene ring substituents is 1. The number of carboxylic acid groups (broad SMARTS) is 1. The van der Waals surface area contributed by atoms with Crippen molar-refractivity contribution in [2.24, 2.45) is 0 Å². The first-order chi connectivity index (χ1) is 9.77. The molecule has 1 rings (SSSR count). The molecule has 114 valence electrons. The van der Waals surface area contributed by atoms with E-state index in [9.17, 15) is 19.7 Å². The number of benzene rings is 1. The molecule has 21 heavy (non-hydrogen) atoms. The topological polar surface area (TPSA) is 101 Å². The van der Waals surface area contributed by atoms with Gasteiger partial charge >= 0.3 is 5.97 Å². The van der Waals surface area contributed by atoms with E-state index in [1.54, 1.807) is 13.8 Å². The number of aliphatic carboxylic acids is 1. The van der Waals surface area contributed by atoms with Crippen molar-refractivity contribution in [2.45, 2.75) is 26.3 Å². The largest absolute Gasteiger partial charge is 0.481 e. The van der Waals surface area contributed by atoms with E-state index in [2.05, 4.69) is 0 Å². The highest BCUT2D eigenvalue weighted by atomic mass is 35.5. The molecule has 0 spiro atoms. The predicted octanol–water partition coefficient (Wildman–Crippen LogP) is 2.57. The van der Waals surface area contributed by atoms with Gasteiger partial charge in [-0.15, -0.1) is 0 Å². The van der Waals surface area contributed by atoms with Crippen LogP contribution in [0.2, 0.25) is 5.02 Å². The second-order valence-electron chi connectivity index (χ2n) is 4.46. The van der Waals surface area contributed by atoms with Gasteiger partial charge in [-0.1, -0.05) is 11.6 Å². The Morgan fingerprint density at radius 2 is 2.10 bits per heavy atom. The van der Waals surface area contributed by atoms with Gasteiger partial charge in [0.25, 0.3) is 11.6 Å². The summed E-state index contributed by atoms with van der Waals surface area (Å²) in [6.07, 6.45) is -0.180. The minimum absolute atomic E-state index is 0.132. The predicted molar refractivity (Wildman–Crippen MR) is 76.5 cm³/mol. The standard InChI is InChI=1S/C13H15ClN2O5/c1-3-15(8(2)6-12(17)18)13(19)9-4-5-11(16(20)21)10(14)7-9/h4-5,7-8H,3,6H2,1-2H3,(H,17,18). The quantitative estimate of drug-likeness (QED) is 0.642. The number of carbonyl (C=O) groups excluding carboxylic acids is 1. The number of hydrogen-bond donors (Lipinski definition) is 1. The molecule has 0 bridgehead atoms. The molecular weight excluding hydrogens is 300 g/mol. The number of nitro groups is 1. The van der Waals surface area contributed by atoms with E-state index < -0.39 is 22.8 Å². The summed E-state index contributed by atoms with van der Waals surface area (Å²) in [5, 5.41) is 19.3. The van der Waals surface area contributed by atoms with E-state index in [0.717, 1.165) is 6.07 Å². The molecule has 0 aromatic heterocycles. The van der Waals surface area contributed by atoms with Gasteiger partial charge in [0.05, 0.1) is 11.3 Å². The molecule has 1 aromatic carbocycles. The molecule has 0 saturated heterocycles. The summed E-state index contributed by atoms with van der Waals surface area (Å²) < 4.78 is 0. The van der Waals surface area contributed by atoms with E-state index in [-0.39, 0.29) is 22.7 Å². The molecule has 0 fully saturated rings. The highest BCUT2D eigenvalue weighted by molar-refractivity contribution is 6.33. The minimum Gasteiger partial charge on any atom is -0.481 e. The molecule has 0 radical (unpaired) electrons. The Balaban J connectivity index is 3.03. The molecule has 1 N–H and O–H groups in total. The van der Waals surface area contributed by atoms with Gasteiger partial charge < -0.3 is 10.0 Å². The Bertz CT molecular complexity index is 576. The Morgan fingerprint density at radius 1 is 1.48 bits per heavy atom. The van der Waals surface area contributed by atoms with Gasteiger partial charge in [0.1, 0.15) is 5.02 Å².